The van der Waals surface area contributed by atoms with E-state index in [-0.39, 0.29) is 36.5 Å². The van der Waals surface area contributed by atoms with Gasteiger partial charge in [0, 0.05) is 19.6 Å². The number of sulfone groups is 1. The number of carbonyl (C=O) groups excluding carboxylic acids is 1. The van der Waals surface area contributed by atoms with E-state index in [4.69, 9.17) is 0 Å². The zero-order valence-corrected chi connectivity index (χ0v) is 16.6. The first-order valence-corrected chi connectivity index (χ1v) is 12.3. The fourth-order valence-corrected chi connectivity index (χ4v) is 5.85. The topological polar surface area (TPSA) is 91.8 Å². The Bertz CT molecular complexity index is 728. The van der Waals surface area contributed by atoms with Crippen molar-refractivity contribution in [3.63, 3.8) is 0 Å². The van der Waals surface area contributed by atoms with Gasteiger partial charge in [0.2, 0.25) is 15.9 Å². The van der Waals surface area contributed by atoms with Crippen LogP contribution in [0.4, 0.5) is 0 Å². The number of carbonyl (C=O) groups is 1. The molecule has 1 saturated heterocycles. The maximum Gasteiger partial charge on any atom is 0.237 e. The number of likely N-dealkylation sites (N-methyl/N-ethyl adjacent to an activating group) is 1. The van der Waals surface area contributed by atoms with Gasteiger partial charge in [-0.1, -0.05) is 11.6 Å². The van der Waals surface area contributed by atoms with Gasteiger partial charge >= 0.3 is 0 Å². The lowest BCUT2D eigenvalue weighted by Crippen LogP contribution is -2.45. The van der Waals surface area contributed by atoms with Crippen LogP contribution in [0, 0.1) is 0 Å². The average Bonchev–Trinajstić information content (AvgIpc) is 2.90. The van der Waals surface area contributed by atoms with E-state index in [0.717, 1.165) is 25.5 Å². The molecular weight excluding hydrogens is 364 g/mol. The van der Waals surface area contributed by atoms with Crippen LogP contribution < -0.4 is 0 Å². The van der Waals surface area contributed by atoms with E-state index in [9.17, 15) is 21.6 Å². The van der Waals surface area contributed by atoms with Crippen molar-refractivity contribution in [3.05, 3.63) is 11.6 Å². The Morgan fingerprint density at radius 2 is 2.04 bits per heavy atom. The van der Waals surface area contributed by atoms with Crippen LogP contribution in [0.5, 0.6) is 0 Å². The Hall–Kier alpha value is -0.930. The summed E-state index contributed by atoms with van der Waals surface area (Å²) in [4.78, 5) is 13.9. The van der Waals surface area contributed by atoms with Crippen LogP contribution in [0.25, 0.3) is 0 Å². The van der Waals surface area contributed by atoms with Crippen LogP contribution in [-0.4, -0.2) is 75.9 Å². The van der Waals surface area contributed by atoms with Crippen molar-refractivity contribution in [2.45, 2.75) is 44.6 Å². The molecule has 1 heterocycles. The third kappa shape index (κ3) is 6.07. The average molecular weight is 393 g/mol. The van der Waals surface area contributed by atoms with Gasteiger partial charge in [-0.2, -0.15) is 4.31 Å². The standard InChI is InChI=1S/C16H28N2O5S2/c1-17(15-9-11-25(22,23)13-15)16(19)12-18(24(2,20)21)10-8-14-6-4-3-5-7-14/h6,15H,3-5,7-13H2,1-2H3. The minimum Gasteiger partial charge on any atom is -0.341 e. The van der Waals surface area contributed by atoms with E-state index < -0.39 is 19.9 Å². The van der Waals surface area contributed by atoms with Gasteiger partial charge in [0.1, 0.15) is 0 Å². The molecule has 7 nitrogen and oxygen atoms in total. The van der Waals surface area contributed by atoms with Crippen molar-refractivity contribution in [1.82, 2.24) is 9.21 Å². The maximum atomic E-state index is 12.5. The first-order valence-electron chi connectivity index (χ1n) is 8.67. The van der Waals surface area contributed by atoms with Crippen LogP contribution in [0.2, 0.25) is 0 Å². The predicted octanol–water partition coefficient (Wildman–Crippen LogP) is 0.784. The molecule has 2 rings (SSSR count). The van der Waals surface area contributed by atoms with Gasteiger partial charge in [0.25, 0.3) is 0 Å². The second-order valence-corrected chi connectivity index (χ2v) is 11.2. The second-order valence-electron chi connectivity index (χ2n) is 7.02. The van der Waals surface area contributed by atoms with Gasteiger partial charge in [-0.15, -0.1) is 0 Å². The fraction of sp³-hybridized carbons (Fsp3) is 0.812. The predicted molar refractivity (Wildman–Crippen MR) is 97.4 cm³/mol. The fourth-order valence-electron chi connectivity index (χ4n) is 3.31. The van der Waals surface area contributed by atoms with Crippen molar-refractivity contribution in [1.29, 1.82) is 0 Å². The quantitative estimate of drug-likeness (QED) is 0.597. The Kier molecular flexibility index (Phi) is 6.67. The first-order chi connectivity index (χ1) is 11.6. The molecule has 1 amide bonds. The van der Waals surface area contributed by atoms with Gasteiger partial charge in [-0.3, -0.25) is 4.79 Å². The van der Waals surface area contributed by atoms with E-state index >= 15 is 0 Å². The molecule has 0 aromatic heterocycles. The van der Waals surface area contributed by atoms with Crippen LogP contribution in [0.15, 0.2) is 11.6 Å². The molecule has 1 atom stereocenters. The van der Waals surface area contributed by atoms with Crippen LogP contribution in [0.1, 0.15) is 38.5 Å². The monoisotopic (exact) mass is 392 g/mol. The Morgan fingerprint density at radius 3 is 2.56 bits per heavy atom. The summed E-state index contributed by atoms with van der Waals surface area (Å²) in [6.07, 6.45) is 8.65. The largest absolute Gasteiger partial charge is 0.341 e. The lowest BCUT2D eigenvalue weighted by atomic mass is 9.97. The van der Waals surface area contributed by atoms with E-state index in [1.807, 2.05) is 0 Å². The molecular formula is C16H28N2O5S2. The first kappa shape index (κ1) is 20.4. The molecule has 9 heteroatoms. The van der Waals surface area contributed by atoms with Crippen LogP contribution in [0.3, 0.4) is 0 Å². The second kappa shape index (κ2) is 8.18. The summed E-state index contributed by atoms with van der Waals surface area (Å²) in [5, 5.41) is 0. The number of sulfonamides is 1. The molecule has 1 aliphatic heterocycles. The van der Waals surface area contributed by atoms with Crippen LogP contribution >= 0.6 is 0 Å². The molecule has 1 aliphatic carbocycles. The molecule has 0 saturated carbocycles. The summed E-state index contributed by atoms with van der Waals surface area (Å²) in [6.45, 7) is 0.0480. The van der Waals surface area contributed by atoms with E-state index in [0.29, 0.717) is 12.8 Å². The Balaban J connectivity index is 1.96. The Labute approximate surface area is 151 Å². The minimum atomic E-state index is -3.50. The van der Waals surface area contributed by atoms with Gasteiger partial charge in [-0.25, -0.2) is 16.8 Å². The zero-order chi connectivity index (χ0) is 18.7. The number of allylic oxidation sites excluding steroid dienone is 1. The van der Waals surface area contributed by atoms with Gasteiger partial charge < -0.3 is 4.90 Å². The third-order valence-electron chi connectivity index (χ3n) is 5.00. The summed E-state index contributed by atoms with van der Waals surface area (Å²) in [7, 11) is -5.04. The molecule has 0 aromatic carbocycles. The molecule has 0 radical (unpaired) electrons. The zero-order valence-electron chi connectivity index (χ0n) is 15.0. The number of amides is 1. The molecule has 1 unspecified atom stereocenters. The lowest BCUT2D eigenvalue weighted by Gasteiger charge is -2.27. The molecule has 0 N–H and O–H groups in total. The van der Waals surface area contributed by atoms with Crippen molar-refractivity contribution < 1.29 is 21.6 Å². The summed E-state index contributed by atoms with van der Waals surface area (Å²) >= 11 is 0. The molecule has 1 fully saturated rings. The molecule has 2 aliphatic rings. The van der Waals surface area contributed by atoms with Gasteiger partial charge in [0.15, 0.2) is 9.84 Å². The van der Waals surface area contributed by atoms with Crippen molar-refractivity contribution >= 4 is 25.8 Å². The lowest BCUT2D eigenvalue weighted by molar-refractivity contribution is -0.131. The third-order valence-corrected chi connectivity index (χ3v) is 8.00. The molecule has 25 heavy (non-hydrogen) atoms. The van der Waals surface area contributed by atoms with Gasteiger partial charge in [-0.05, 0) is 38.5 Å². The number of hydrogen-bond donors (Lipinski definition) is 0. The maximum absolute atomic E-state index is 12.5. The number of nitrogens with zero attached hydrogens (tertiary/aromatic N) is 2. The van der Waals surface area contributed by atoms with Crippen molar-refractivity contribution in [3.8, 4) is 0 Å². The minimum absolute atomic E-state index is 0.0407. The Morgan fingerprint density at radius 1 is 1.32 bits per heavy atom. The molecule has 0 aromatic rings. The normalized spacial score (nSPS) is 23.5. The highest BCUT2D eigenvalue weighted by Gasteiger charge is 2.33. The van der Waals surface area contributed by atoms with E-state index in [2.05, 4.69) is 6.08 Å². The van der Waals surface area contributed by atoms with Crippen molar-refractivity contribution in [2.75, 3.05) is 37.9 Å². The summed E-state index contributed by atoms with van der Waals surface area (Å²) in [5.74, 6) is -0.314. The highest BCUT2D eigenvalue weighted by molar-refractivity contribution is 7.91. The van der Waals surface area contributed by atoms with Crippen molar-refractivity contribution in [2.24, 2.45) is 0 Å². The highest BCUT2D eigenvalue weighted by atomic mass is 32.2. The summed E-state index contributed by atoms with van der Waals surface area (Å²) in [5.41, 5.74) is 1.25. The molecule has 0 spiro atoms. The number of rotatable bonds is 7. The van der Waals surface area contributed by atoms with Crippen LogP contribution in [-0.2, 0) is 24.7 Å². The summed E-state index contributed by atoms with van der Waals surface area (Å²) < 4.78 is 48.4. The number of hydrogen-bond acceptors (Lipinski definition) is 5. The highest BCUT2D eigenvalue weighted by Crippen LogP contribution is 2.21. The van der Waals surface area contributed by atoms with Gasteiger partial charge in [0.05, 0.1) is 24.3 Å². The SMILES string of the molecule is CN(C(=O)CN(CCC1=CCCCC1)S(C)(=O)=O)C1CCS(=O)(=O)C1. The van der Waals surface area contributed by atoms with E-state index in [1.54, 1.807) is 7.05 Å². The van der Waals surface area contributed by atoms with E-state index in [1.165, 1.54) is 21.2 Å². The smallest absolute Gasteiger partial charge is 0.237 e. The molecule has 144 valence electrons. The molecule has 0 bridgehead atoms. The summed E-state index contributed by atoms with van der Waals surface area (Å²) in [6, 6.07) is -0.361.